The summed E-state index contributed by atoms with van der Waals surface area (Å²) in [4.78, 5) is 13.3. The lowest BCUT2D eigenvalue weighted by molar-refractivity contribution is -0.127. The van der Waals surface area contributed by atoms with Crippen LogP contribution in [-0.4, -0.2) is 41.4 Å². The second-order valence-electron chi connectivity index (χ2n) is 9.12. The minimum absolute atomic E-state index is 0. The van der Waals surface area contributed by atoms with Crippen LogP contribution in [0.5, 0.6) is 0 Å². The Balaban J connectivity index is 0.00000363. The number of hydrogen-bond donors (Lipinski definition) is 4. The summed E-state index contributed by atoms with van der Waals surface area (Å²) in [5.41, 5.74) is 3.13. The van der Waals surface area contributed by atoms with E-state index in [1.807, 2.05) is 54.6 Å². The first-order chi connectivity index (χ1) is 14.9. The number of aliphatic hydroxyl groups is 2. The fourth-order valence-corrected chi connectivity index (χ4v) is 4.27. The Hall–Kier alpha value is -1.92. The van der Waals surface area contributed by atoms with E-state index in [1.54, 1.807) is 0 Å². The van der Waals surface area contributed by atoms with Crippen molar-refractivity contribution in [3.8, 4) is 0 Å². The standard InChI is InChI=1S/C26H36N2O3.ClH/c1-18(2)12-13-27-17-22(29)15-21(14-19-8-4-3-5-9-19)26(31)28-25-23-11-7-6-10-20(23)16-24(25)30;/h3-11,18,21-22,24-25,27,29-30H,12-17H2,1-2H3,(H,28,31);1H/t21-,22+,24-,25+;/m1./s1. The van der Waals surface area contributed by atoms with Crippen molar-refractivity contribution in [3.63, 3.8) is 0 Å². The van der Waals surface area contributed by atoms with Gasteiger partial charge in [-0.05, 0) is 48.4 Å². The number of carbonyl (C=O) groups excluding carboxylic acids is 1. The zero-order valence-corrected chi connectivity index (χ0v) is 19.9. The van der Waals surface area contributed by atoms with E-state index in [1.165, 1.54) is 0 Å². The summed E-state index contributed by atoms with van der Waals surface area (Å²) in [7, 11) is 0. The molecule has 0 heterocycles. The van der Waals surface area contributed by atoms with Gasteiger partial charge in [0.2, 0.25) is 5.91 Å². The summed E-state index contributed by atoms with van der Waals surface area (Å²) in [6.45, 7) is 5.68. The molecule has 1 amide bonds. The largest absolute Gasteiger partial charge is 0.392 e. The fourth-order valence-electron chi connectivity index (χ4n) is 4.27. The molecule has 0 fully saturated rings. The number of benzene rings is 2. The van der Waals surface area contributed by atoms with Gasteiger partial charge in [0.15, 0.2) is 0 Å². The van der Waals surface area contributed by atoms with Gasteiger partial charge in [-0.15, -0.1) is 12.4 Å². The van der Waals surface area contributed by atoms with Crippen molar-refractivity contribution in [1.29, 1.82) is 0 Å². The molecule has 1 aliphatic rings. The quantitative estimate of drug-likeness (QED) is 0.387. The Morgan fingerprint density at radius 2 is 1.78 bits per heavy atom. The van der Waals surface area contributed by atoms with E-state index in [4.69, 9.17) is 0 Å². The molecule has 0 aliphatic heterocycles. The zero-order valence-electron chi connectivity index (χ0n) is 19.0. The molecule has 0 saturated heterocycles. The van der Waals surface area contributed by atoms with E-state index in [9.17, 15) is 15.0 Å². The molecule has 6 heteroatoms. The number of hydrogen-bond acceptors (Lipinski definition) is 4. The van der Waals surface area contributed by atoms with Gasteiger partial charge in [0.25, 0.3) is 0 Å². The average molecular weight is 461 g/mol. The van der Waals surface area contributed by atoms with Gasteiger partial charge in [0, 0.05) is 18.9 Å². The molecule has 4 N–H and O–H groups in total. The molecule has 5 nitrogen and oxygen atoms in total. The Bertz CT molecular complexity index is 831. The number of halogens is 1. The molecule has 3 rings (SSSR count). The maximum absolute atomic E-state index is 13.3. The van der Waals surface area contributed by atoms with Gasteiger partial charge in [-0.2, -0.15) is 0 Å². The smallest absolute Gasteiger partial charge is 0.224 e. The van der Waals surface area contributed by atoms with Crippen LogP contribution in [0.15, 0.2) is 54.6 Å². The van der Waals surface area contributed by atoms with Gasteiger partial charge >= 0.3 is 0 Å². The lowest BCUT2D eigenvalue weighted by atomic mass is 9.92. The molecule has 0 unspecified atom stereocenters. The average Bonchev–Trinajstić information content (AvgIpc) is 3.06. The highest BCUT2D eigenvalue weighted by Crippen LogP contribution is 2.31. The number of rotatable bonds is 11. The lowest BCUT2D eigenvalue weighted by Crippen LogP contribution is -2.40. The SMILES string of the molecule is CC(C)CCNC[C@@H](O)C[C@@H](Cc1ccccc1)C(=O)N[C@H]1c2ccccc2C[C@H]1O.Cl. The van der Waals surface area contributed by atoms with Crippen LogP contribution < -0.4 is 10.6 Å². The molecule has 0 bridgehead atoms. The molecule has 32 heavy (non-hydrogen) atoms. The van der Waals surface area contributed by atoms with Crippen LogP contribution in [0.2, 0.25) is 0 Å². The minimum atomic E-state index is -0.624. The van der Waals surface area contributed by atoms with Crippen molar-refractivity contribution < 1.29 is 15.0 Å². The first-order valence-corrected chi connectivity index (χ1v) is 11.4. The second-order valence-corrected chi connectivity index (χ2v) is 9.12. The third-order valence-corrected chi connectivity index (χ3v) is 6.03. The molecule has 4 atom stereocenters. The predicted octanol–water partition coefficient (Wildman–Crippen LogP) is 3.43. The van der Waals surface area contributed by atoms with Crippen molar-refractivity contribution in [2.75, 3.05) is 13.1 Å². The van der Waals surface area contributed by atoms with Crippen LogP contribution in [-0.2, 0) is 17.6 Å². The fraction of sp³-hybridized carbons (Fsp3) is 0.500. The Morgan fingerprint density at radius 1 is 1.09 bits per heavy atom. The summed E-state index contributed by atoms with van der Waals surface area (Å²) in [5.74, 6) is 0.122. The summed E-state index contributed by atoms with van der Waals surface area (Å²) >= 11 is 0. The van der Waals surface area contributed by atoms with Gasteiger partial charge < -0.3 is 20.8 Å². The van der Waals surface area contributed by atoms with Crippen LogP contribution in [0, 0.1) is 11.8 Å². The first-order valence-electron chi connectivity index (χ1n) is 11.4. The number of aliphatic hydroxyl groups excluding tert-OH is 2. The van der Waals surface area contributed by atoms with Crippen molar-refractivity contribution in [2.24, 2.45) is 11.8 Å². The minimum Gasteiger partial charge on any atom is -0.392 e. The summed E-state index contributed by atoms with van der Waals surface area (Å²) < 4.78 is 0. The van der Waals surface area contributed by atoms with Gasteiger partial charge in [-0.1, -0.05) is 68.4 Å². The molecule has 2 aromatic rings. The topological polar surface area (TPSA) is 81.6 Å². The number of nitrogens with one attached hydrogen (secondary N) is 2. The monoisotopic (exact) mass is 460 g/mol. The van der Waals surface area contributed by atoms with E-state index in [0.717, 1.165) is 29.7 Å². The van der Waals surface area contributed by atoms with Crippen LogP contribution in [0.4, 0.5) is 0 Å². The van der Waals surface area contributed by atoms with Crippen LogP contribution >= 0.6 is 12.4 Å². The third kappa shape index (κ3) is 7.59. The second kappa shape index (κ2) is 12.9. The molecule has 0 radical (unpaired) electrons. The van der Waals surface area contributed by atoms with Gasteiger partial charge in [0.05, 0.1) is 18.2 Å². The molecule has 0 saturated carbocycles. The number of fused-ring (bicyclic) bond motifs is 1. The molecule has 1 aliphatic carbocycles. The van der Waals surface area contributed by atoms with E-state index >= 15 is 0 Å². The Kier molecular flexibility index (Phi) is 10.7. The highest BCUT2D eigenvalue weighted by atomic mass is 35.5. The van der Waals surface area contributed by atoms with Crippen LogP contribution in [0.1, 0.15) is 49.4 Å². The van der Waals surface area contributed by atoms with Crippen LogP contribution in [0.3, 0.4) is 0 Å². The molecular weight excluding hydrogens is 424 g/mol. The van der Waals surface area contributed by atoms with Crippen LogP contribution in [0.25, 0.3) is 0 Å². The number of carbonyl (C=O) groups is 1. The highest BCUT2D eigenvalue weighted by molar-refractivity contribution is 5.85. The maximum atomic E-state index is 13.3. The summed E-state index contributed by atoms with van der Waals surface area (Å²) in [6, 6.07) is 17.4. The van der Waals surface area contributed by atoms with Crippen molar-refractivity contribution in [2.45, 2.75) is 57.8 Å². The van der Waals surface area contributed by atoms with E-state index in [2.05, 4.69) is 24.5 Å². The zero-order chi connectivity index (χ0) is 22.2. The molecule has 176 valence electrons. The van der Waals surface area contributed by atoms with Crippen molar-refractivity contribution in [3.05, 3.63) is 71.3 Å². The first kappa shape index (κ1) is 26.3. The van der Waals surface area contributed by atoms with Crippen molar-refractivity contribution in [1.82, 2.24) is 10.6 Å². The maximum Gasteiger partial charge on any atom is 0.224 e. The van der Waals surface area contributed by atoms with E-state index < -0.39 is 18.2 Å². The van der Waals surface area contributed by atoms with E-state index in [-0.39, 0.29) is 24.2 Å². The molecular formula is C26H37ClN2O3. The number of amides is 1. The van der Waals surface area contributed by atoms with E-state index in [0.29, 0.717) is 31.7 Å². The van der Waals surface area contributed by atoms with Gasteiger partial charge in [-0.3, -0.25) is 4.79 Å². The van der Waals surface area contributed by atoms with Gasteiger partial charge in [-0.25, -0.2) is 0 Å². The Morgan fingerprint density at radius 3 is 2.50 bits per heavy atom. The lowest BCUT2D eigenvalue weighted by Gasteiger charge is -2.24. The normalized spacial score (nSPS) is 19.2. The van der Waals surface area contributed by atoms with Crippen molar-refractivity contribution >= 4 is 18.3 Å². The molecule has 0 aromatic heterocycles. The summed E-state index contributed by atoms with van der Waals surface area (Å²) in [6.07, 6.45) is 1.31. The van der Waals surface area contributed by atoms with Gasteiger partial charge in [0.1, 0.15) is 0 Å². The molecule has 2 aromatic carbocycles. The predicted molar refractivity (Wildman–Crippen MR) is 131 cm³/mol. The molecule has 0 spiro atoms. The summed E-state index contributed by atoms with van der Waals surface area (Å²) in [5, 5.41) is 27.5. The highest BCUT2D eigenvalue weighted by Gasteiger charge is 2.34. The third-order valence-electron chi connectivity index (χ3n) is 6.03. The Labute approximate surface area is 198 Å².